The van der Waals surface area contributed by atoms with Crippen molar-refractivity contribution in [1.82, 2.24) is 9.13 Å². The van der Waals surface area contributed by atoms with E-state index in [4.69, 9.17) is 0 Å². The molecule has 0 amide bonds. The van der Waals surface area contributed by atoms with Gasteiger partial charge in [0.25, 0.3) is 0 Å². The normalized spacial score (nSPS) is 13.2. The number of fused-ring (bicyclic) bond motifs is 10. The molecule has 10 aromatic rings. The molecule has 0 fully saturated rings. The molecule has 0 saturated carbocycles. The van der Waals surface area contributed by atoms with Gasteiger partial charge in [0.2, 0.25) is 0 Å². The Morgan fingerprint density at radius 3 is 1.15 bits per heavy atom. The lowest BCUT2D eigenvalue weighted by atomic mass is 9.89. The van der Waals surface area contributed by atoms with Crippen molar-refractivity contribution in [2.24, 2.45) is 22.1 Å². The standard InChI is InChI=1S/C74H82N4O4/c1-11-15-23-51(13-3)43-77-67-33-31-53(39-59(67)61-41-63(55-25-17-19-27-57(55)71(61)77)73(79)69-47(7)35-45(5)36-48(69)8)65(75-81)29-21-22-30-66(76-82)54-32-34-68-60(40-54)62-42-64(74(80)70-49(9)37-46(6)38-50(70)10)56-26-18-20-28-58(56)72(62)78(68)44-52(14-4)24-16-12-2/h17-20,25-28,31-42,51-52,81-82H,11-16,21-24,29-30,43-44H2,1-10H3. The molecule has 2 atom stereocenters. The minimum absolute atomic E-state index is 0.0239. The first-order valence-electron chi connectivity index (χ1n) is 30.4. The summed E-state index contributed by atoms with van der Waals surface area (Å²) in [7, 11) is 0. The fraction of sp³-hybridized carbons (Fsp3) is 0.351. The molecule has 0 bridgehead atoms. The van der Waals surface area contributed by atoms with Crippen molar-refractivity contribution in [2.45, 2.75) is 159 Å². The van der Waals surface area contributed by atoms with Crippen molar-refractivity contribution < 1.29 is 20.0 Å². The molecule has 0 aliphatic rings. The Labute approximate surface area is 484 Å². The van der Waals surface area contributed by atoms with Gasteiger partial charge in [-0.2, -0.15) is 0 Å². The molecule has 8 heteroatoms. The van der Waals surface area contributed by atoms with Gasteiger partial charge in [-0.05, 0) is 161 Å². The van der Waals surface area contributed by atoms with Crippen LogP contribution < -0.4 is 0 Å². The Balaban J connectivity index is 0.986. The van der Waals surface area contributed by atoms with Gasteiger partial charge in [0.1, 0.15) is 0 Å². The lowest BCUT2D eigenvalue weighted by Gasteiger charge is -2.19. The zero-order valence-corrected chi connectivity index (χ0v) is 50.1. The van der Waals surface area contributed by atoms with Crippen LogP contribution in [0.25, 0.3) is 65.2 Å². The molecule has 0 spiro atoms. The van der Waals surface area contributed by atoms with Gasteiger partial charge in [-0.25, -0.2) is 0 Å². The predicted molar refractivity (Wildman–Crippen MR) is 344 cm³/mol. The average molecular weight is 1090 g/mol. The summed E-state index contributed by atoms with van der Waals surface area (Å²) >= 11 is 0. The van der Waals surface area contributed by atoms with Gasteiger partial charge in [0.05, 0.1) is 22.5 Å². The largest absolute Gasteiger partial charge is 0.411 e. The molecule has 8 nitrogen and oxygen atoms in total. The number of carbonyl (C=O) groups excluding carboxylic acids is 2. The molecule has 10 rings (SSSR count). The van der Waals surface area contributed by atoms with E-state index in [1.807, 2.05) is 39.8 Å². The fourth-order valence-electron chi connectivity index (χ4n) is 13.8. The van der Waals surface area contributed by atoms with Gasteiger partial charge in [-0.1, -0.05) is 173 Å². The molecule has 0 saturated heterocycles. The highest BCUT2D eigenvalue weighted by atomic mass is 16.4. The number of carbonyl (C=O) groups is 2. The quantitative estimate of drug-likeness (QED) is 0.0219. The van der Waals surface area contributed by atoms with Gasteiger partial charge in [0, 0.05) is 89.8 Å². The second-order valence-electron chi connectivity index (χ2n) is 23.8. The molecule has 422 valence electrons. The van der Waals surface area contributed by atoms with Crippen LogP contribution in [0.4, 0.5) is 0 Å². The molecule has 0 aliphatic heterocycles. The Kier molecular flexibility index (Phi) is 17.3. The summed E-state index contributed by atoms with van der Waals surface area (Å²) in [5, 5.41) is 37.5. The van der Waals surface area contributed by atoms with Crippen LogP contribution in [0.2, 0.25) is 0 Å². The van der Waals surface area contributed by atoms with Crippen molar-refractivity contribution in [3.8, 4) is 0 Å². The molecule has 2 heterocycles. The van der Waals surface area contributed by atoms with E-state index < -0.39 is 0 Å². The topological polar surface area (TPSA) is 109 Å². The van der Waals surface area contributed by atoms with Crippen LogP contribution in [-0.4, -0.2) is 42.5 Å². The molecule has 2 aromatic heterocycles. The van der Waals surface area contributed by atoms with Crippen LogP contribution in [-0.2, 0) is 13.1 Å². The summed E-state index contributed by atoms with van der Waals surface area (Å²) < 4.78 is 4.97. The molecular weight excluding hydrogens is 1010 g/mol. The molecule has 2 unspecified atom stereocenters. The second-order valence-corrected chi connectivity index (χ2v) is 23.8. The number of ketones is 2. The molecular formula is C74H82N4O4. The number of aryl methyl sites for hydroxylation is 6. The minimum Gasteiger partial charge on any atom is -0.411 e. The van der Waals surface area contributed by atoms with Crippen molar-refractivity contribution >= 4 is 88.1 Å². The fourth-order valence-corrected chi connectivity index (χ4v) is 13.8. The Hall–Kier alpha value is -7.84. The van der Waals surface area contributed by atoms with Crippen molar-refractivity contribution in [1.29, 1.82) is 0 Å². The first-order chi connectivity index (χ1) is 39.7. The average Bonchev–Trinajstić information content (AvgIpc) is 2.39. The highest BCUT2D eigenvalue weighted by molar-refractivity contribution is 6.28. The maximum Gasteiger partial charge on any atom is 0.194 e. The van der Waals surface area contributed by atoms with Gasteiger partial charge in [-0.15, -0.1) is 0 Å². The maximum atomic E-state index is 14.9. The highest BCUT2D eigenvalue weighted by Gasteiger charge is 2.27. The van der Waals surface area contributed by atoms with E-state index in [0.717, 1.165) is 172 Å². The Bertz CT molecular complexity index is 3840. The number of unbranched alkanes of at least 4 members (excludes halogenated alkanes) is 3. The van der Waals surface area contributed by atoms with E-state index >= 15 is 0 Å². The smallest absolute Gasteiger partial charge is 0.194 e. The van der Waals surface area contributed by atoms with Crippen LogP contribution in [0.15, 0.2) is 132 Å². The predicted octanol–water partition coefficient (Wildman–Crippen LogP) is 19.6. The summed E-state index contributed by atoms with van der Waals surface area (Å²) in [6.45, 7) is 23.1. The third-order valence-electron chi connectivity index (χ3n) is 18.0. The Morgan fingerprint density at radius 2 is 0.805 bits per heavy atom. The zero-order chi connectivity index (χ0) is 57.9. The third kappa shape index (κ3) is 10.9. The SMILES string of the molecule is CCCCC(CC)Cn1c2ccc(C(CCCCC(=NO)c3ccc4c(c3)c3cc(C(=O)c5c(C)cc(C)cc5C)c5ccccc5c3n4CC(CC)CCCC)=NO)cc2c2cc(C(=O)c3c(C)cc(C)cc3C)c3ccccc3c21. The van der Waals surface area contributed by atoms with Crippen molar-refractivity contribution in [3.05, 3.63) is 188 Å². The van der Waals surface area contributed by atoms with Crippen molar-refractivity contribution in [2.75, 3.05) is 0 Å². The first-order valence-corrected chi connectivity index (χ1v) is 30.4. The van der Waals surface area contributed by atoms with Gasteiger partial charge >= 0.3 is 0 Å². The zero-order valence-electron chi connectivity index (χ0n) is 50.1. The Morgan fingerprint density at radius 1 is 0.439 bits per heavy atom. The van der Waals surface area contributed by atoms with Gasteiger partial charge in [0.15, 0.2) is 11.6 Å². The lowest BCUT2D eigenvalue weighted by molar-refractivity contribution is 0.103. The van der Waals surface area contributed by atoms with E-state index in [-0.39, 0.29) is 11.6 Å². The molecule has 0 radical (unpaired) electrons. The monoisotopic (exact) mass is 1090 g/mol. The van der Waals surface area contributed by atoms with Crippen LogP contribution in [0.1, 0.15) is 181 Å². The van der Waals surface area contributed by atoms with Crippen LogP contribution in [0.3, 0.4) is 0 Å². The highest BCUT2D eigenvalue weighted by Crippen LogP contribution is 2.42. The van der Waals surface area contributed by atoms with E-state index in [9.17, 15) is 20.0 Å². The third-order valence-corrected chi connectivity index (χ3v) is 18.0. The molecule has 0 aliphatic carbocycles. The second kappa shape index (κ2) is 24.7. The van der Waals surface area contributed by atoms with E-state index in [1.54, 1.807) is 0 Å². The van der Waals surface area contributed by atoms with E-state index in [2.05, 4.69) is 170 Å². The number of nitrogens with zero attached hydrogens (tertiary/aromatic N) is 4. The summed E-state index contributed by atoms with van der Waals surface area (Å²) in [4.78, 5) is 29.8. The van der Waals surface area contributed by atoms with Crippen LogP contribution in [0, 0.1) is 53.4 Å². The number of aromatic nitrogens is 2. The van der Waals surface area contributed by atoms with Crippen LogP contribution >= 0.6 is 0 Å². The summed E-state index contributed by atoms with van der Waals surface area (Å²) in [6, 6.07) is 42.2. The molecule has 82 heavy (non-hydrogen) atoms. The van der Waals surface area contributed by atoms with Crippen molar-refractivity contribution in [3.63, 3.8) is 0 Å². The summed E-state index contributed by atoms with van der Waals surface area (Å²) in [5.41, 5.74) is 16.3. The molecule has 8 aromatic carbocycles. The number of hydrogen-bond acceptors (Lipinski definition) is 6. The minimum atomic E-state index is 0.0239. The number of benzene rings is 8. The first kappa shape index (κ1) is 57.4. The number of rotatable bonds is 23. The molecule has 2 N–H and O–H groups in total. The van der Waals surface area contributed by atoms with Gasteiger partial charge < -0.3 is 19.5 Å². The number of oxime groups is 2. The maximum absolute atomic E-state index is 14.9. The van der Waals surface area contributed by atoms with Gasteiger partial charge in [-0.3, -0.25) is 9.59 Å². The van der Waals surface area contributed by atoms with E-state index in [1.165, 1.54) is 12.8 Å². The van der Waals surface area contributed by atoms with E-state index in [0.29, 0.717) is 60.1 Å². The number of hydrogen-bond donors (Lipinski definition) is 2. The summed E-state index contributed by atoms with van der Waals surface area (Å²) in [5.74, 6) is 1.01. The summed E-state index contributed by atoms with van der Waals surface area (Å²) in [6.07, 6.45) is 11.4. The lowest BCUT2D eigenvalue weighted by Crippen LogP contribution is -2.11. The van der Waals surface area contributed by atoms with Crippen LogP contribution in [0.5, 0.6) is 0 Å².